The third-order valence-corrected chi connectivity index (χ3v) is 2.99. The fraction of sp³-hybridized carbons (Fsp3) is 0.333. The average Bonchev–Trinajstić information content (AvgIpc) is 2.80. The maximum atomic E-state index is 12.4. The number of ketones is 1. The van der Waals surface area contributed by atoms with Crippen molar-refractivity contribution in [3.8, 4) is 0 Å². The van der Waals surface area contributed by atoms with Crippen LogP contribution in [0.3, 0.4) is 0 Å². The Hall–Kier alpha value is -1.90. The fourth-order valence-corrected chi connectivity index (χ4v) is 1.97. The van der Waals surface area contributed by atoms with Gasteiger partial charge in [-0.1, -0.05) is 24.6 Å². The molecule has 0 spiro atoms. The van der Waals surface area contributed by atoms with E-state index in [0.717, 1.165) is 29.7 Å². The van der Waals surface area contributed by atoms with E-state index < -0.39 is 0 Å². The van der Waals surface area contributed by atoms with Gasteiger partial charge in [0, 0.05) is 18.3 Å². The Morgan fingerprint density at radius 1 is 1.33 bits per heavy atom. The Labute approximate surface area is 107 Å². The van der Waals surface area contributed by atoms with Crippen molar-refractivity contribution in [3.05, 3.63) is 52.8 Å². The maximum absolute atomic E-state index is 12.4. The van der Waals surface area contributed by atoms with E-state index in [1.165, 1.54) is 0 Å². The number of carbonyl (C=O) groups excluding carboxylic acids is 1. The van der Waals surface area contributed by atoms with Gasteiger partial charge in [0.1, 0.15) is 0 Å². The number of hydrogen-bond acceptors (Lipinski definition) is 2. The van der Waals surface area contributed by atoms with Gasteiger partial charge in [0.25, 0.3) is 0 Å². The highest BCUT2D eigenvalue weighted by molar-refractivity contribution is 6.09. The van der Waals surface area contributed by atoms with Gasteiger partial charge in [0.15, 0.2) is 5.78 Å². The van der Waals surface area contributed by atoms with Gasteiger partial charge in [0.2, 0.25) is 0 Å². The quantitative estimate of drug-likeness (QED) is 0.772. The third-order valence-electron chi connectivity index (χ3n) is 2.99. The zero-order valence-electron chi connectivity index (χ0n) is 11.1. The molecule has 0 saturated heterocycles. The molecule has 0 fully saturated rings. The summed E-state index contributed by atoms with van der Waals surface area (Å²) in [4.78, 5) is 12.4. The van der Waals surface area contributed by atoms with E-state index in [1.807, 2.05) is 42.9 Å². The van der Waals surface area contributed by atoms with Gasteiger partial charge in [0.05, 0.1) is 11.8 Å². The van der Waals surface area contributed by atoms with Crippen LogP contribution in [0.15, 0.2) is 30.6 Å². The van der Waals surface area contributed by atoms with E-state index in [2.05, 4.69) is 12.0 Å². The Kier molecular flexibility index (Phi) is 3.60. The number of benzene rings is 1. The molecule has 2 rings (SSSR count). The van der Waals surface area contributed by atoms with Crippen LogP contribution in [0.2, 0.25) is 0 Å². The molecule has 0 saturated carbocycles. The zero-order valence-corrected chi connectivity index (χ0v) is 11.1. The molecular formula is C15H18N2O. The molecule has 3 heteroatoms. The van der Waals surface area contributed by atoms with E-state index in [-0.39, 0.29) is 5.78 Å². The van der Waals surface area contributed by atoms with Gasteiger partial charge < -0.3 is 0 Å². The number of aryl methyl sites for hydroxylation is 3. The van der Waals surface area contributed by atoms with Crippen molar-refractivity contribution in [2.24, 2.45) is 0 Å². The van der Waals surface area contributed by atoms with Crippen LogP contribution in [-0.2, 0) is 6.54 Å². The second-order valence-electron chi connectivity index (χ2n) is 4.64. The third kappa shape index (κ3) is 2.50. The molecule has 0 aliphatic carbocycles. The Balaban J connectivity index is 2.32. The summed E-state index contributed by atoms with van der Waals surface area (Å²) >= 11 is 0. The van der Waals surface area contributed by atoms with Crippen molar-refractivity contribution in [3.63, 3.8) is 0 Å². The highest BCUT2D eigenvalue weighted by Gasteiger charge is 2.13. The highest BCUT2D eigenvalue weighted by Crippen LogP contribution is 2.15. The van der Waals surface area contributed by atoms with Crippen LogP contribution < -0.4 is 0 Å². The van der Waals surface area contributed by atoms with Crippen LogP contribution in [0.1, 0.15) is 40.4 Å². The molecule has 0 aliphatic rings. The first-order valence-electron chi connectivity index (χ1n) is 6.26. The topological polar surface area (TPSA) is 34.9 Å². The van der Waals surface area contributed by atoms with Gasteiger partial charge >= 0.3 is 0 Å². The summed E-state index contributed by atoms with van der Waals surface area (Å²) in [6.45, 7) is 6.90. The Morgan fingerprint density at radius 3 is 2.83 bits per heavy atom. The monoisotopic (exact) mass is 242 g/mol. The molecule has 1 aromatic heterocycles. The molecule has 0 radical (unpaired) electrons. The zero-order chi connectivity index (χ0) is 13.1. The number of nitrogens with zero attached hydrogens (tertiary/aromatic N) is 2. The molecule has 0 amide bonds. The lowest BCUT2D eigenvalue weighted by Gasteiger charge is -2.04. The molecule has 94 valence electrons. The van der Waals surface area contributed by atoms with Crippen molar-refractivity contribution >= 4 is 5.78 Å². The lowest BCUT2D eigenvalue weighted by Crippen LogP contribution is -2.03. The molecule has 0 N–H and O–H groups in total. The largest absolute Gasteiger partial charge is 0.288 e. The lowest BCUT2D eigenvalue weighted by molar-refractivity contribution is 0.103. The predicted molar refractivity (Wildman–Crippen MR) is 71.9 cm³/mol. The molecule has 18 heavy (non-hydrogen) atoms. The fourth-order valence-electron chi connectivity index (χ4n) is 1.97. The molecule has 1 heterocycles. The minimum atomic E-state index is 0.0542. The van der Waals surface area contributed by atoms with Crippen LogP contribution in [-0.4, -0.2) is 15.6 Å². The summed E-state index contributed by atoms with van der Waals surface area (Å²) < 4.78 is 1.82. The van der Waals surface area contributed by atoms with Crippen LogP contribution >= 0.6 is 0 Å². The smallest absolute Gasteiger partial charge is 0.196 e. The summed E-state index contributed by atoms with van der Waals surface area (Å²) in [5.41, 5.74) is 3.54. The van der Waals surface area contributed by atoms with Gasteiger partial charge in [-0.15, -0.1) is 0 Å². The van der Waals surface area contributed by atoms with Crippen molar-refractivity contribution in [2.45, 2.75) is 33.7 Å². The summed E-state index contributed by atoms with van der Waals surface area (Å²) in [7, 11) is 0. The van der Waals surface area contributed by atoms with Crippen molar-refractivity contribution < 1.29 is 4.79 Å². The molecule has 1 aromatic carbocycles. The Bertz CT molecular complexity index is 570. The predicted octanol–water partition coefficient (Wildman–Crippen LogP) is 3.14. The Morgan fingerprint density at radius 2 is 2.11 bits per heavy atom. The van der Waals surface area contributed by atoms with Crippen LogP contribution in [0, 0.1) is 13.8 Å². The van der Waals surface area contributed by atoms with E-state index in [4.69, 9.17) is 0 Å². The van der Waals surface area contributed by atoms with Gasteiger partial charge in [-0.25, -0.2) is 0 Å². The normalized spacial score (nSPS) is 10.6. The van der Waals surface area contributed by atoms with Crippen molar-refractivity contribution in [1.82, 2.24) is 9.78 Å². The van der Waals surface area contributed by atoms with Crippen LogP contribution in [0.25, 0.3) is 0 Å². The maximum Gasteiger partial charge on any atom is 0.196 e. The van der Waals surface area contributed by atoms with Crippen molar-refractivity contribution in [2.75, 3.05) is 0 Å². The van der Waals surface area contributed by atoms with E-state index >= 15 is 0 Å². The van der Waals surface area contributed by atoms with Gasteiger partial charge in [-0.05, 0) is 31.9 Å². The first-order chi connectivity index (χ1) is 8.61. The molecular weight excluding hydrogens is 224 g/mol. The molecule has 0 unspecified atom stereocenters. The molecule has 2 aromatic rings. The minimum Gasteiger partial charge on any atom is -0.288 e. The first kappa shape index (κ1) is 12.6. The number of carbonyl (C=O) groups is 1. The highest BCUT2D eigenvalue weighted by atomic mass is 16.1. The second kappa shape index (κ2) is 5.17. The summed E-state index contributed by atoms with van der Waals surface area (Å²) in [5.74, 6) is 0.0542. The summed E-state index contributed by atoms with van der Waals surface area (Å²) in [6, 6.07) is 5.94. The van der Waals surface area contributed by atoms with E-state index in [0.29, 0.717) is 5.56 Å². The number of aromatic nitrogens is 2. The van der Waals surface area contributed by atoms with Gasteiger partial charge in [-0.2, -0.15) is 5.10 Å². The molecule has 0 bridgehead atoms. The standard InChI is InChI=1S/C15H18N2O/c1-4-7-17-10-13(9-16-17)15(18)14-8-11(2)5-6-12(14)3/h5-6,8-10H,4,7H2,1-3H3. The number of rotatable bonds is 4. The van der Waals surface area contributed by atoms with Crippen molar-refractivity contribution in [1.29, 1.82) is 0 Å². The second-order valence-corrected chi connectivity index (χ2v) is 4.64. The van der Waals surface area contributed by atoms with E-state index in [9.17, 15) is 4.79 Å². The average molecular weight is 242 g/mol. The SMILES string of the molecule is CCCn1cc(C(=O)c2cc(C)ccc2C)cn1. The molecule has 0 atom stereocenters. The first-order valence-corrected chi connectivity index (χ1v) is 6.26. The molecule has 3 nitrogen and oxygen atoms in total. The number of hydrogen-bond donors (Lipinski definition) is 0. The van der Waals surface area contributed by atoms with Gasteiger partial charge in [-0.3, -0.25) is 9.48 Å². The van der Waals surface area contributed by atoms with Crippen LogP contribution in [0.4, 0.5) is 0 Å². The summed E-state index contributed by atoms with van der Waals surface area (Å²) in [5, 5.41) is 4.20. The minimum absolute atomic E-state index is 0.0542. The van der Waals surface area contributed by atoms with E-state index in [1.54, 1.807) is 6.20 Å². The molecule has 0 aliphatic heterocycles. The lowest BCUT2D eigenvalue weighted by atomic mass is 9.99. The van der Waals surface area contributed by atoms with Crippen LogP contribution in [0.5, 0.6) is 0 Å². The summed E-state index contributed by atoms with van der Waals surface area (Å²) in [6.07, 6.45) is 4.49.